The van der Waals surface area contributed by atoms with Crippen molar-refractivity contribution in [1.82, 2.24) is 0 Å². The molecule has 88 valence electrons. The normalized spacial score (nSPS) is 10.7. The van der Waals surface area contributed by atoms with Crippen LogP contribution >= 0.6 is 0 Å². The Morgan fingerprint density at radius 1 is 0.778 bits per heavy atom. The van der Waals surface area contributed by atoms with Gasteiger partial charge in [0.2, 0.25) is 0 Å². The first-order chi connectivity index (χ1) is 8.75. The number of phenols is 1. The smallest absolute Gasteiger partial charge is 0.123 e. The summed E-state index contributed by atoms with van der Waals surface area (Å²) in [7, 11) is 0. The minimum absolute atomic E-state index is 0.241. The Morgan fingerprint density at radius 2 is 1.56 bits per heavy atom. The number of aromatic hydroxyl groups is 1. The molecule has 0 radical (unpaired) electrons. The number of benzene rings is 3. The van der Waals surface area contributed by atoms with Crippen LogP contribution in [0.5, 0.6) is 5.75 Å². The summed E-state index contributed by atoms with van der Waals surface area (Å²) in [4.78, 5) is 0. The summed E-state index contributed by atoms with van der Waals surface area (Å²) in [6.45, 7) is 0. The van der Waals surface area contributed by atoms with E-state index < -0.39 is 0 Å². The number of fused-ring (bicyclic) bond motifs is 1. The molecule has 0 aromatic heterocycles. The minimum Gasteiger partial charge on any atom is -0.507 e. The van der Waals surface area contributed by atoms with Crippen LogP contribution in [0.1, 0.15) is 0 Å². The zero-order valence-corrected chi connectivity index (χ0v) is 9.60. The summed E-state index contributed by atoms with van der Waals surface area (Å²) < 4.78 is 13.3. The SMILES string of the molecule is Oc1ccc(-c2cccc(F)c2)c2ccccc12. The van der Waals surface area contributed by atoms with Gasteiger partial charge in [-0.25, -0.2) is 4.39 Å². The quantitative estimate of drug-likeness (QED) is 0.668. The zero-order chi connectivity index (χ0) is 12.5. The Balaban J connectivity index is 2.33. The first-order valence-electron chi connectivity index (χ1n) is 5.72. The molecule has 0 aliphatic rings. The van der Waals surface area contributed by atoms with Crippen molar-refractivity contribution in [3.63, 3.8) is 0 Å². The van der Waals surface area contributed by atoms with Crippen molar-refractivity contribution >= 4 is 10.8 Å². The molecule has 0 atom stereocenters. The number of hydrogen-bond donors (Lipinski definition) is 1. The molecule has 3 aromatic carbocycles. The van der Waals surface area contributed by atoms with E-state index in [1.807, 2.05) is 36.4 Å². The summed E-state index contributed by atoms with van der Waals surface area (Å²) in [5.41, 5.74) is 1.73. The summed E-state index contributed by atoms with van der Waals surface area (Å²) in [6, 6.07) is 17.5. The molecule has 0 fully saturated rings. The molecule has 0 amide bonds. The second-order valence-corrected chi connectivity index (χ2v) is 4.19. The maximum atomic E-state index is 13.3. The van der Waals surface area contributed by atoms with Gasteiger partial charge in [-0.3, -0.25) is 0 Å². The summed E-state index contributed by atoms with van der Waals surface area (Å²) in [5, 5.41) is 11.5. The van der Waals surface area contributed by atoms with Crippen LogP contribution in [0, 0.1) is 5.82 Å². The molecule has 0 saturated heterocycles. The number of hydrogen-bond acceptors (Lipinski definition) is 1. The molecule has 18 heavy (non-hydrogen) atoms. The molecule has 1 nitrogen and oxygen atoms in total. The monoisotopic (exact) mass is 238 g/mol. The third-order valence-corrected chi connectivity index (χ3v) is 3.04. The van der Waals surface area contributed by atoms with E-state index >= 15 is 0 Å². The van der Waals surface area contributed by atoms with Gasteiger partial charge in [-0.1, -0.05) is 42.5 Å². The van der Waals surface area contributed by atoms with Crippen LogP contribution in [0.2, 0.25) is 0 Å². The molecular weight excluding hydrogens is 227 g/mol. The lowest BCUT2D eigenvalue weighted by Gasteiger charge is -2.08. The highest BCUT2D eigenvalue weighted by Gasteiger charge is 2.07. The van der Waals surface area contributed by atoms with Crippen molar-refractivity contribution in [3.05, 3.63) is 66.5 Å². The second kappa shape index (κ2) is 4.15. The first-order valence-corrected chi connectivity index (χ1v) is 5.72. The highest BCUT2D eigenvalue weighted by atomic mass is 19.1. The molecule has 0 bridgehead atoms. The highest BCUT2D eigenvalue weighted by Crippen LogP contribution is 2.33. The number of halogens is 1. The van der Waals surface area contributed by atoms with E-state index in [1.54, 1.807) is 12.1 Å². The van der Waals surface area contributed by atoms with Gasteiger partial charge in [0.25, 0.3) is 0 Å². The van der Waals surface area contributed by atoms with Gasteiger partial charge >= 0.3 is 0 Å². The Kier molecular flexibility index (Phi) is 2.49. The van der Waals surface area contributed by atoms with E-state index in [-0.39, 0.29) is 11.6 Å². The van der Waals surface area contributed by atoms with Crippen LogP contribution in [-0.4, -0.2) is 5.11 Å². The molecule has 0 aliphatic carbocycles. The fourth-order valence-corrected chi connectivity index (χ4v) is 2.19. The van der Waals surface area contributed by atoms with Gasteiger partial charge in [0.05, 0.1) is 0 Å². The topological polar surface area (TPSA) is 20.2 Å². The lowest BCUT2D eigenvalue weighted by molar-refractivity contribution is 0.481. The minimum atomic E-state index is -0.260. The van der Waals surface area contributed by atoms with Crippen molar-refractivity contribution < 1.29 is 9.50 Å². The molecule has 0 spiro atoms. The molecule has 0 unspecified atom stereocenters. The molecule has 0 aliphatic heterocycles. The third kappa shape index (κ3) is 1.72. The van der Waals surface area contributed by atoms with Crippen LogP contribution in [0.4, 0.5) is 4.39 Å². The molecule has 0 saturated carbocycles. The average Bonchev–Trinajstić information content (AvgIpc) is 2.39. The van der Waals surface area contributed by atoms with Crippen molar-refractivity contribution in [3.8, 4) is 16.9 Å². The summed E-state index contributed by atoms with van der Waals surface area (Å²) in [6.07, 6.45) is 0. The Hall–Kier alpha value is -2.35. The molecule has 1 N–H and O–H groups in total. The lowest BCUT2D eigenvalue weighted by Crippen LogP contribution is -1.83. The maximum Gasteiger partial charge on any atom is 0.123 e. The molecule has 3 aromatic rings. The van der Waals surface area contributed by atoms with Crippen LogP contribution in [0.3, 0.4) is 0 Å². The van der Waals surface area contributed by atoms with Crippen molar-refractivity contribution in [2.24, 2.45) is 0 Å². The van der Waals surface area contributed by atoms with Gasteiger partial charge in [-0.15, -0.1) is 0 Å². The largest absolute Gasteiger partial charge is 0.507 e. The van der Waals surface area contributed by atoms with Crippen LogP contribution in [0.25, 0.3) is 21.9 Å². The van der Waals surface area contributed by atoms with E-state index in [9.17, 15) is 9.50 Å². The second-order valence-electron chi connectivity index (χ2n) is 4.19. The van der Waals surface area contributed by atoms with Gasteiger partial charge in [0, 0.05) is 5.39 Å². The molecule has 3 rings (SSSR count). The van der Waals surface area contributed by atoms with E-state index in [4.69, 9.17) is 0 Å². The van der Waals surface area contributed by atoms with Crippen LogP contribution < -0.4 is 0 Å². The Labute approximate surface area is 104 Å². The van der Waals surface area contributed by atoms with Gasteiger partial charge in [-0.05, 0) is 34.7 Å². The van der Waals surface area contributed by atoms with Crippen LogP contribution in [0.15, 0.2) is 60.7 Å². The number of rotatable bonds is 1. The van der Waals surface area contributed by atoms with Crippen molar-refractivity contribution in [1.29, 1.82) is 0 Å². The predicted octanol–water partition coefficient (Wildman–Crippen LogP) is 4.35. The third-order valence-electron chi connectivity index (χ3n) is 3.04. The van der Waals surface area contributed by atoms with E-state index in [0.29, 0.717) is 0 Å². The molecule has 2 heteroatoms. The van der Waals surface area contributed by atoms with E-state index in [0.717, 1.165) is 21.9 Å². The molecule has 0 heterocycles. The first kappa shape index (κ1) is 10.8. The fraction of sp³-hybridized carbons (Fsp3) is 0. The zero-order valence-electron chi connectivity index (χ0n) is 9.60. The van der Waals surface area contributed by atoms with Gasteiger partial charge in [0.15, 0.2) is 0 Å². The van der Waals surface area contributed by atoms with Crippen molar-refractivity contribution in [2.75, 3.05) is 0 Å². The lowest BCUT2D eigenvalue weighted by atomic mass is 9.98. The summed E-state index contributed by atoms with van der Waals surface area (Å²) >= 11 is 0. The Bertz CT molecular complexity index is 719. The van der Waals surface area contributed by atoms with Gasteiger partial charge in [-0.2, -0.15) is 0 Å². The Morgan fingerprint density at radius 3 is 2.33 bits per heavy atom. The highest BCUT2D eigenvalue weighted by molar-refractivity contribution is 5.99. The maximum absolute atomic E-state index is 13.3. The summed E-state index contributed by atoms with van der Waals surface area (Å²) in [5.74, 6) is -0.0181. The average molecular weight is 238 g/mol. The van der Waals surface area contributed by atoms with Crippen molar-refractivity contribution in [2.45, 2.75) is 0 Å². The van der Waals surface area contributed by atoms with E-state index in [1.165, 1.54) is 12.1 Å². The fourth-order valence-electron chi connectivity index (χ4n) is 2.19. The van der Waals surface area contributed by atoms with Gasteiger partial charge < -0.3 is 5.11 Å². The van der Waals surface area contributed by atoms with Gasteiger partial charge in [0.1, 0.15) is 11.6 Å². The van der Waals surface area contributed by atoms with Crippen LogP contribution in [-0.2, 0) is 0 Å². The number of phenolic OH excluding ortho intramolecular Hbond substituents is 1. The standard InChI is InChI=1S/C16H11FO/c17-12-5-3-4-11(10-12)13-8-9-16(18)15-7-2-1-6-14(13)15/h1-10,18H. The predicted molar refractivity (Wildman–Crippen MR) is 71.0 cm³/mol. The van der Waals surface area contributed by atoms with E-state index in [2.05, 4.69) is 0 Å². The molecular formula is C16H11FO.